The second-order valence-corrected chi connectivity index (χ2v) is 7.57. The Balaban J connectivity index is 1.58. The van der Waals surface area contributed by atoms with Gasteiger partial charge >= 0.3 is 0 Å². The standard InChI is InChI=1S/C23H25FN6O3/c1-2-33-13-5-12-29-19-7-4-3-6-17(19)26-23(29)27-22(32)18-14-20(21(25)31)30(28-18)16-10-8-15(24)9-11-16/h3-4,6-11,20H,2,5,12-14H2,1H3,(H2,25,31)(H,26,27,32). The highest BCUT2D eigenvalue weighted by Crippen LogP contribution is 2.26. The van der Waals surface area contributed by atoms with Gasteiger partial charge in [-0.3, -0.25) is 19.9 Å². The number of halogens is 1. The molecule has 4 rings (SSSR count). The molecule has 0 radical (unpaired) electrons. The highest BCUT2D eigenvalue weighted by molar-refractivity contribution is 6.44. The van der Waals surface area contributed by atoms with Crippen LogP contribution >= 0.6 is 0 Å². The van der Waals surface area contributed by atoms with Gasteiger partial charge in [-0.1, -0.05) is 12.1 Å². The van der Waals surface area contributed by atoms with Gasteiger partial charge < -0.3 is 15.0 Å². The largest absolute Gasteiger partial charge is 0.382 e. The number of hydrogen-bond donors (Lipinski definition) is 2. The van der Waals surface area contributed by atoms with E-state index in [0.717, 1.165) is 17.5 Å². The number of nitrogens with zero attached hydrogens (tertiary/aromatic N) is 4. The summed E-state index contributed by atoms with van der Waals surface area (Å²) < 4.78 is 20.7. The van der Waals surface area contributed by atoms with Gasteiger partial charge in [0.1, 0.15) is 17.6 Å². The molecule has 2 amide bonds. The van der Waals surface area contributed by atoms with Crippen LogP contribution in [0.5, 0.6) is 0 Å². The second-order valence-electron chi connectivity index (χ2n) is 7.57. The first-order valence-electron chi connectivity index (χ1n) is 10.7. The molecule has 2 heterocycles. The van der Waals surface area contributed by atoms with Gasteiger partial charge in [-0.05, 0) is 49.7 Å². The van der Waals surface area contributed by atoms with Crippen LogP contribution in [0.2, 0.25) is 0 Å². The summed E-state index contributed by atoms with van der Waals surface area (Å²) in [6, 6.07) is 12.2. The van der Waals surface area contributed by atoms with Crippen LogP contribution in [0.15, 0.2) is 53.6 Å². The third kappa shape index (κ3) is 4.85. The number of carbonyl (C=O) groups excluding carboxylic acids is 2. The van der Waals surface area contributed by atoms with Crippen molar-refractivity contribution in [2.75, 3.05) is 23.5 Å². The van der Waals surface area contributed by atoms with E-state index in [1.54, 1.807) is 0 Å². The van der Waals surface area contributed by atoms with Crippen molar-refractivity contribution < 1.29 is 18.7 Å². The van der Waals surface area contributed by atoms with Crippen molar-refractivity contribution in [2.45, 2.75) is 32.4 Å². The number of anilines is 2. The molecule has 1 atom stereocenters. The number of rotatable bonds is 9. The lowest BCUT2D eigenvalue weighted by Gasteiger charge is -2.20. The number of carbonyl (C=O) groups is 2. The first-order valence-corrected chi connectivity index (χ1v) is 10.7. The number of benzene rings is 2. The van der Waals surface area contributed by atoms with Crippen molar-refractivity contribution in [3.05, 3.63) is 54.3 Å². The Hall–Kier alpha value is -3.79. The lowest BCUT2D eigenvalue weighted by atomic mass is 10.1. The number of fused-ring (bicyclic) bond motifs is 1. The molecular formula is C23H25FN6O3. The first-order chi connectivity index (χ1) is 16.0. The molecule has 3 aromatic rings. The predicted molar refractivity (Wildman–Crippen MR) is 123 cm³/mol. The fourth-order valence-corrected chi connectivity index (χ4v) is 3.74. The van der Waals surface area contributed by atoms with Gasteiger partial charge in [-0.15, -0.1) is 0 Å². The van der Waals surface area contributed by atoms with Gasteiger partial charge in [-0.25, -0.2) is 9.37 Å². The Morgan fingerprint density at radius 3 is 2.70 bits per heavy atom. The fraction of sp³-hybridized carbons (Fsp3) is 0.304. The molecule has 2 aromatic carbocycles. The van der Waals surface area contributed by atoms with E-state index in [0.29, 0.717) is 31.4 Å². The molecule has 0 fully saturated rings. The number of para-hydroxylation sites is 2. The van der Waals surface area contributed by atoms with Crippen molar-refractivity contribution in [1.82, 2.24) is 9.55 Å². The minimum Gasteiger partial charge on any atom is -0.382 e. The maximum absolute atomic E-state index is 13.3. The average molecular weight is 452 g/mol. The zero-order valence-corrected chi connectivity index (χ0v) is 18.2. The second kappa shape index (κ2) is 9.78. The third-order valence-corrected chi connectivity index (χ3v) is 5.35. The average Bonchev–Trinajstić information content (AvgIpc) is 3.40. The predicted octanol–water partition coefficient (Wildman–Crippen LogP) is 2.66. The van der Waals surface area contributed by atoms with Crippen molar-refractivity contribution in [2.24, 2.45) is 10.8 Å². The Labute approximate surface area is 190 Å². The van der Waals surface area contributed by atoms with E-state index >= 15 is 0 Å². The van der Waals surface area contributed by atoms with Gasteiger partial charge in [-0.2, -0.15) is 5.10 Å². The minimum atomic E-state index is -0.846. The summed E-state index contributed by atoms with van der Waals surface area (Å²) >= 11 is 0. The lowest BCUT2D eigenvalue weighted by Crippen LogP contribution is -2.39. The number of imidazole rings is 1. The van der Waals surface area contributed by atoms with E-state index < -0.39 is 23.7 Å². The summed E-state index contributed by atoms with van der Waals surface area (Å²) in [5, 5.41) is 8.49. The number of aromatic nitrogens is 2. The summed E-state index contributed by atoms with van der Waals surface area (Å²) in [5.74, 6) is -1.14. The van der Waals surface area contributed by atoms with Gasteiger partial charge in [0.15, 0.2) is 0 Å². The molecule has 0 aliphatic carbocycles. The van der Waals surface area contributed by atoms with Crippen LogP contribution in [-0.4, -0.2) is 46.3 Å². The molecule has 1 aromatic heterocycles. The number of hydrazone groups is 1. The molecule has 1 aliphatic rings. The third-order valence-electron chi connectivity index (χ3n) is 5.35. The maximum atomic E-state index is 13.3. The summed E-state index contributed by atoms with van der Waals surface area (Å²) in [6.45, 7) is 3.78. The molecule has 33 heavy (non-hydrogen) atoms. The molecule has 1 unspecified atom stereocenters. The van der Waals surface area contributed by atoms with Gasteiger partial charge in [0.05, 0.1) is 16.7 Å². The van der Waals surface area contributed by atoms with Crippen LogP contribution in [0.25, 0.3) is 11.0 Å². The quantitative estimate of drug-likeness (QED) is 0.485. The van der Waals surface area contributed by atoms with Gasteiger partial charge in [0.2, 0.25) is 11.9 Å². The van der Waals surface area contributed by atoms with E-state index in [-0.39, 0.29) is 12.1 Å². The molecule has 3 N–H and O–H groups in total. The van der Waals surface area contributed by atoms with Crippen LogP contribution < -0.4 is 16.1 Å². The lowest BCUT2D eigenvalue weighted by molar-refractivity contribution is -0.119. The Morgan fingerprint density at radius 1 is 1.21 bits per heavy atom. The summed E-state index contributed by atoms with van der Waals surface area (Å²) in [5.41, 5.74) is 7.78. The number of nitrogens with two attached hydrogens (primary N) is 1. The number of aryl methyl sites for hydroxylation is 1. The molecule has 0 bridgehead atoms. The van der Waals surface area contributed by atoms with Crippen LogP contribution in [-0.2, 0) is 20.9 Å². The minimum absolute atomic E-state index is 0.0309. The first kappa shape index (κ1) is 22.4. The van der Waals surface area contributed by atoms with E-state index in [4.69, 9.17) is 10.5 Å². The number of amides is 2. The fourth-order valence-electron chi connectivity index (χ4n) is 3.74. The Bertz CT molecular complexity index is 1190. The SMILES string of the molecule is CCOCCCn1c(NC(=O)C2=NN(c3ccc(F)cc3)C(C(N)=O)C2)nc2ccccc21. The monoisotopic (exact) mass is 452 g/mol. The summed E-state index contributed by atoms with van der Waals surface area (Å²) in [6.07, 6.45) is 0.781. The van der Waals surface area contributed by atoms with Crippen LogP contribution in [0, 0.1) is 5.82 Å². The van der Waals surface area contributed by atoms with Gasteiger partial charge in [0.25, 0.3) is 5.91 Å². The molecule has 0 saturated carbocycles. The zero-order valence-electron chi connectivity index (χ0n) is 18.2. The molecule has 10 heteroatoms. The maximum Gasteiger partial charge on any atom is 0.274 e. The number of hydrogen-bond acceptors (Lipinski definition) is 6. The van der Waals surface area contributed by atoms with Crippen molar-refractivity contribution in [1.29, 1.82) is 0 Å². The molecule has 9 nitrogen and oxygen atoms in total. The molecule has 1 aliphatic heterocycles. The number of nitrogens with one attached hydrogen (secondary N) is 1. The molecule has 0 saturated heterocycles. The normalized spacial score (nSPS) is 15.6. The highest BCUT2D eigenvalue weighted by atomic mass is 19.1. The summed E-state index contributed by atoms with van der Waals surface area (Å²) in [4.78, 5) is 29.6. The zero-order chi connectivity index (χ0) is 23.4. The van der Waals surface area contributed by atoms with Crippen LogP contribution in [0.4, 0.5) is 16.0 Å². The van der Waals surface area contributed by atoms with Gasteiger partial charge in [0, 0.05) is 26.2 Å². The van der Waals surface area contributed by atoms with Crippen molar-refractivity contribution >= 4 is 40.2 Å². The Kier molecular flexibility index (Phi) is 6.64. The van der Waals surface area contributed by atoms with Crippen LogP contribution in [0.1, 0.15) is 19.8 Å². The van der Waals surface area contributed by atoms with E-state index in [1.807, 2.05) is 35.8 Å². The van der Waals surface area contributed by atoms with Crippen LogP contribution in [0.3, 0.4) is 0 Å². The van der Waals surface area contributed by atoms with E-state index in [9.17, 15) is 14.0 Å². The van der Waals surface area contributed by atoms with Crippen molar-refractivity contribution in [3.63, 3.8) is 0 Å². The topological polar surface area (TPSA) is 115 Å². The number of ether oxygens (including phenoxy) is 1. The molecule has 0 spiro atoms. The number of primary amides is 1. The summed E-state index contributed by atoms with van der Waals surface area (Å²) in [7, 11) is 0. The smallest absolute Gasteiger partial charge is 0.274 e. The highest BCUT2D eigenvalue weighted by Gasteiger charge is 2.35. The van der Waals surface area contributed by atoms with E-state index in [1.165, 1.54) is 29.3 Å². The molecule has 172 valence electrons. The van der Waals surface area contributed by atoms with Crippen molar-refractivity contribution in [3.8, 4) is 0 Å². The Morgan fingerprint density at radius 2 is 1.97 bits per heavy atom. The van der Waals surface area contributed by atoms with E-state index in [2.05, 4.69) is 15.4 Å². The molecular weight excluding hydrogens is 427 g/mol.